The van der Waals surface area contributed by atoms with Crippen molar-refractivity contribution in [1.82, 2.24) is 0 Å². The predicted octanol–water partition coefficient (Wildman–Crippen LogP) is 12.0. The molecule has 9 heteroatoms. The molecule has 0 aliphatic carbocycles. The topological polar surface area (TPSA) is 94.1 Å². The zero-order valence-corrected chi connectivity index (χ0v) is 35.9. The fraction of sp³-hybridized carbons (Fsp3) is 0.930. The molecule has 0 aromatic heterocycles. The third kappa shape index (κ3) is 40.4. The van der Waals surface area contributed by atoms with Crippen LogP contribution in [0.5, 0.6) is 0 Å². The van der Waals surface area contributed by atoms with Gasteiger partial charge in [0.1, 0.15) is 19.3 Å². The van der Waals surface area contributed by atoms with Crippen molar-refractivity contribution in [2.24, 2.45) is 0 Å². The number of carbonyl (C=O) groups excluding carboxylic acids is 1. The second-order valence-electron chi connectivity index (χ2n) is 16.1. The van der Waals surface area contributed by atoms with Crippen molar-refractivity contribution < 1.29 is 37.3 Å². The molecule has 0 radical (unpaired) electrons. The van der Waals surface area contributed by atoms with E-state index >= 15 is 0 Å². The van der Waals surface area contributed by atoms with Crippen LogP contribution in [0.25, 0.3) is 0 Å². The monoisotopic (exact) mass is 760 g/mol. The molecule has 52 heavy (non-hydrogen) atoms. The van der Waals surface area contributed by atoms with Crippen molar-refractivity contribution in [3.63, 3.8) is 0 Å². The summed E-state index contributed by atoms with van der Waals surface area (Å²) in [6.45, 7) is 5.43. The fourth-order valence-corrected chi connectivity index (χ4v) is 6.86. The van der Waals surface area contributed by atoms with Crippen LogP contribution in [0.4, 0.5) is 0 Å². The van der Waals surface area contributed by atoms with E-state index in [1.54, 1.807) is 0 Å². The Hall–Kier alpha value is -0.760. The van der Waals surface area contributed by atoms with Crippen LogP contribution in [0.3, 0.4) is 0 Å². The molecular formula is C43H86NO7P. The van der Waals surface area contributed by atoms with Crippen LogP contribution in [0.1, 0.15) is 200 Å². The maximum absolute atomic E-state index is 12.6. The summed E-state index contributed by atoms with van der Waals surface area (Å²) in [6, 6.07) is 0. The minimum Gasteiger partial charge on any atom is -0.756 e. The highest BCUT2D eigenvalue weighted by Gasteiger charge is 2.20. The molecule has 0 rings (SSSR count). The average molecular weight is 760 g/mol. The van der Waals surface area contributed by atoms with Crippen LogP contribution in [-0.4, -0.2) is 70.7 Å². The normalized spacial score (nSPS) is 13.9. The van der Waals surface area contributed by atoms with Gasteiger partial charge in [-0.15, -0.1) is 0 Å². The average Bonchev–Trinajstić information content (AvgIpc) is 3.09. The first-order valence-corrected chi connectivity index (χ1v) is 23.4. The van der Waals surface area contributed by atoms with E-state index in [0.29, 0.717) is 24.1 Å². The Balaban J connectivity index is 4.21. The minimum absolute atomic E-state index is 0.0277. The number of rotatable bonds is 41. The zero-order valence-electron chi connectivity index (χ0n) is 35.0. The van der Waals surface area contributed by atoms with Gasteiger partial charge >= 0.3 is 5.97 Å². The Morgan fingerprint density at radius 1 is 0.577 bits per heavy atom. The Labute approximate surface area is 322 Å². The van der Waals surface area contributed by atoms with E-state index in [1.807, 2.05) is 21.1 Å². The van der Waals surface area contributed by atoms with E-state index in [2.05, 4.69) is 26.0 Å². The largest absolute Gasteiger partial charge is 0.756 e. The zero-order chi connectivity index (χ0) is 38.4. The Morgan fingerprint density at radius 3 is 1.46 bits per heavy atom. The highest BCUT2D eigenvalue weighted by molar-refractivity contribution is 7.45. The van der Waals surface area contributed by atoms with Crippen molar-refractivity contribution in [2.75, 3.05) is 54.1 Å². The number of allylic oxidation sites excluding steroid dienone is 2. The van der Waals surface area contributed by atoms with E-state index in [0.717, 1.165) is 44.9 Å². The highest BCUT2D eigenvalue weighted by atomic mass is 31.2. The smallest absolute Gasteiger partial charge is 0.306 e. The molecule has 0 aliphatic heterocycles. The quantitative estimate of drug-likeness (QED) is 0.0201. The third-order valence-corrected chi connectivity index (χ3v) is 10.5. The number of ether oxygens (including phenoxy) is 2. The molecule has 0 heterocycles. The maximum atomic E-state index is 12.6. The highest BCUT2D eigenvalue weighted by Crippen LogP contribution is 2.38. The van der Waals surface area contributed by atoms with Gasteiger partial charge in [0.15, 0.2) is 0 Å². The second kappa shape index (κ2) is 37.2. The van der Waals surface area contributed by atoms with Gasteiger partial charge in [-0.1, -0.05) is 167 Å². The summed E-state index contributed by atoms with van der Waals surface area (Å²) >= 11 is 0. The molecule has 0 amide bonds. The first-order valence-electron chi connectivity index (χ1n) is 21.9. The Bertz CT molecular complexity index is 848. The van der Waals surface area contributed by atoms with E-state index in [9.17, 15) is 14.3 Å². The van der Waals surface area contributed by atoms with Gasteiger partial charge in [0.05, 0.1) is 34.4 Å². The lowest BCUT2D eigenvalue weighted by Gasteiger charge is -2.28. The first-order chi connectivity index (χ1) is 25.1. The van der Waals surface area contributed by atoms with Gasteiger partial charge in [-0.2, -0.15) is 0 Å². The fourth-order valence-electron chi connectivity index (χ4n) is 6.13. The number of esters is 1. The number of unbranched alkanes of at least 4 members (excludes halogenated alkanes) is 25. The summed E-state index contributed by atoms with van der Waals surface area (Å²) in [5, 5.41) is 0. The Kier molecular flexibility index (Phi) is 36.6. The number of phosphoric acid groups is 1. The van der Waals surface area contributed by atoms with Crippen LogP contribution in [-0.2, 0) is 27.9 Å². The summed E-state index contributed by atoms with van der Waals surface area (Å²) in [5.41, 5.74) is 0. The number of hydrogen-bond donors (Lipinski definition) is 0. The molecule has 0 N–H and O–H groups in total. The molecule has 0 saturated heterocycles. The van der Waals surface area contributed by atoms with Gasteiger partial charge in [0.2, 0.25) is 0 Å². The van der Waals surface area contributed by atoms with Crippen LogP contribution < -0.4 is 4.89 Å². The number of phosphoric ester groups is 1. The predicted molar refractivity (Wildman–Crippen MR) is 217 cm³/mol. The van der Waals surface area contributed by atoms with Crippen molar-refractivity contribution >= 4 is 13.8 Å². The molecule has 0 aromatic carbocycles. The summed E-state index contributed by atoms with van der Waals surface area (Å²) in [4.78, 5) is 25.0. The van der Waals surface area contributed by atoms with Crippen molar-refractivity contribution in [1.29, 1.82) is 0 Å². The van der Waals surface area contributed by atoms with Crippen molar-refractivity contribution in [2.45, 2.75) is 206 Å². The second-order valence-corrected chi connectivity index (χ2v) is 17.5. The van der Waals surface area contributed by atoms with Crippen molar-refractivity contribution in [3.05, 3.63) is 12.2 Å². The Morgan fingerprint density at radius 2 is 1.00 bits per heavy atom. The number of carbonyl (C=O) groups is 1. The molecule has 0 spiro atoms. The molecule has 0 saturated carbocycles. The van der Waals surface area contributed by atoms with E-state index < -0.39 is 13.9 Å². The third-order valence-electron chi connectivity index (χ3n) is 9.57. The number of likely N-dealkylation sites (N-methyl/N-ethyl adjacent to an activating group) is 1. The molecule has 0 aliphatic rings. The lowest BCUT2D eigenvalue weighted by molar-refractivity contribution is -0.870. The lowest BCUT2D eigenvalue weighted by atomic mass is 10.0. The first kappa shape index (κ1) is 51.2. The van der Waals surface area contributed by atoms with E-state index in [4.69, 9.17) is 18.5 Å². The van der Waals surface area contributed by atoms with Gasteiger partial charge in [-0.3, -0.25) is 9.36 Å². The molecule has 8 nitrogen and oxygen atoms in total. The van der Waals surface area contributed by atoms with Gasteiger partial charge in [-0.05, 0) is 38.5 Å². The number of quaternary nitrogens is 1. The molecule has 0 fully saturated rings. The van der Waals surface area contributed by atoms with E-state index in [-0.39, 0.29) is 25.8 Å². The number of hydrogen-bond acceptors (Lipinski definition) is 7. The summed E-state index contributed by atoms with van der Waals surface area (Å²) in [5.74, 6) is -0.340. The van der Waals surface area contributed by atoms with Gasteiger partial charge in [0, 0.05) is 13.0 Å². The summed E-state index contributed by atoms with van der Waals surface area (Å²) in [6.07, 6.45) is 39.3. The maximum Gasteiger partial charge on any atom is 0.306 e. The van der Waals surface area contributed by atoms with Crippen LogP contribution in [0, 0.1) is 0 Å². The molecular weight excluding hydrogens is 673 g/mol. The van der Waals surface area contributed by atoms with Crippen molar-refractivity contribution in [3.8, 4) is 0 Å². The molecule has 0 aromatic rings. The van der Waals surface area contributed by atoms with Gasteiger partial charge in [-0.25, -0.2) is 0 Å². The molecule has 2 atom stereocenters. The summed E-state index contributed by atoms with van der Waals surface area (Å²) in [7, 11) is 1.36. The van der Waals surface area contributed by atoms with Gasteiger partial charge < -0.3 is 27.9 Å². The standard InChI is InChI=1S/C43H86NO7P/c1-6-8-10-12-14-16-18-20-22-23-25-27-29-31-33-35-38-48-40-42(41-50-52(46,47)49-39-37-44(3,4)5)51-43(45)36-34-32-30-28-26-24-21-19-17-15-13-11-9-7-2/h19,21,42H,6-18,20,22-41H2,1-5H3/b21-19-. The van der Waals surface area contributed by atoms with Gasteiger partial charge in [0.25, 0.3) is 7.82 Å². The van der Waals surface area contributed by atoms with Crippen LogP contribution in [0.15, 0.2) is 12.2 Å². The molecule has 310 valence electrons. The van der Waals surface area contributed by atoms with E-state index in [1.165, 1.54) is 135 Å². The lowest BCUT2D eigenvalue weighted by Crippen LogP contribution is -2.37. The SMILES string of the molecule is CCCCCCC/C=C\CCCCCCCC(=O)OC(COCCCCCCCCCCCCCCCCCC)COP(=O)([O-])OCC[N+](C)(C)C. The minimum atomic E-state index is -4.52. The van der Waals surface area contributed by atoms with Crippen LogP contribution in [0.2, 0.25) is 0 Å². The number of nitrogens with zero attached hydrogens (tertiary/aromatic N) is 1. The molecule has 2 unspecified atom stereocenters. The summed E-state index contributed by atoms with van der Waals surface area (Å²) < 4.78 is 34.6. The molecule has 0 bridgehead atoms. The van der Waals surface area contributed by atoms with Crippen LogP contribution >= 0.6 is 7.82 Å².